The summed E-state index contributed by atoms with van der Waals surface area (Å²) in [6.07, 6.45) is 1.54. The molecule has 2 rings (SSSR count). The SMILES string of the molecule is CCCc1ccccc1COC1=C(F)C(F)(F)C1(F)F. The van der Waals surface area contributed by atoms with E-state index in [0.717, 1.165) is 12.0 Å². The van der Waals surface area contributed by atoms with Crippen LogP contribution in [-0.2, 0) is 17.8 Å². The molecule has 0 saturated heterocycles. The Morgan fingerprint density at radius 3 is 2.15 bits per heavy atom. The van der Waals surface area contributed by atoms with E-state index in [9.17, 15) is 22.0 Å². The molecule has 0 radical (unpaired) electrons. The second kappa shape index (κ2) is 5.07. The van der Waals surface area contributed by atoms with Gasteiger partial charge in [0.1, 0.15) is 6.61 Å². The van der Waals surface area contributed by atoms with Gasteiger partial charge in [0.25, 0.3) is 0 Å². The van der Waals surface area contributed by atoms with Crippen LogP contribution in [0.5, 0.6) is 0 Å². The number of aryl methyl sites for hydroxylation is 1. The van der Waals surface area contributed by atoms with E-state index >= 15 is 0 Å². The van der Waals surface area contributed by atoms with E-state index in [0.29, 0.717) is 12.0 Å². The van der Waals surface area contributed by atoms with Crippen molar-refractivity contribution in [2.75, 3.05) is 0 Å². The van der Waals surface area contributed by atoms with Crippen molar-refractivity contribution >= 4 is 0 Å². The summed E-state index contributed by atoms with van der Waals surface area (Å²) >= 11 is 0. The van der Waals surface area contributed by atoms with Gasteiger partial charge in [-0.3, -0.25) is 0 Å². The highest BCUT2D eigenvalue weighted by Gasteiger charge is 2.74. The molecule has 0 aromatic heterocycles. The standard InChI is InChI=1S/C14H13F5O/c1-2-5-9-6-3-4-7-10(9)8-20-12-11(15)13(16,17)14(12,18)19/h3-4,6-7H,2,5,8H2,1H3. The van der Waals surface area contributed by atoms with E-state index in [1.807, 2.05) is 6.92 Å². The van der Waals surface area contributed by atoms with Crippen molar-refractivity contribution in [1.82, 2.24) is 0 Å². The molecule has 0 saturated carbocycles. The molecule has 0 fully saturated rings. The number of allylic oxidation sites excluding steroid dienone is 2. The summed E-state index contributed by atoms with van der Waals surface area (Å²) in [4.78, 5) is 0. The van der Waals surface area contributed by atoms with Gasteiger partial charge < -0.3 is 4.74 Å². The number of hydrogen-bond acceptors (Lipinski definition) is 1. The van der Waals surface area contributed by atoms with Gasteiger partial charge in [-0.15, -0.1) is 0 Å². The van der Waals surface area contributed by atoms with E-state index in [2.05, 4.69) is 4.74 Å². The van der Waals surface area contributed by atoms with E-state index in [1.54, 1.807) is 24.3 Å². The minimum atomic E-state index is -4.76. The molecule has 0 atom stereocenters. The minimum Gasteiger partial charge on any atom is -0.484 e. The van der Waals surface area contributed by atoms with Gasteiger partial charge in [0.2, 0.25) is 11.6 Å². The summed E-state index contributed by atoms with van der Waals surface area (Å²) < 4.78 is 68.8. The van der Waals surface area contributed by atoms with Crippen molar-refractivity contribution in [2.24, 2.45) is 0 Å². The monoisotopic (exact) mass is 292 g/mol. The zero-order valence-electron chi connectivity index (χ0n) is 10.7. The topological polar surface area (TPSA) is 9.23 Å². The Bertz CT molecular complexity index is 536. The zero-order valence-corrected chi connectivity index (χ0v) is 10.7. The summed E-state index contributed by atoms with van der Waals surface area (Å²) in [5.41, 5.74) is 1.45. The average molecular weight is 292 g/mol. The molecule has 0 aliphatic heterocycles. The Labute approximate surface area is 113 Å². The molecule has 110 valence electrons. The summed E-state index contributed by atoms with van der Waals surface area (Å²) in [6.45, 7) is 1.59. The molecule has 6 heteroatoms. The fraction of sp³-hybridized carbons (Fsp3) is 0.429. The Morgan fingerprint density at radius 1 is 1.00 bits per heavy atom. The van der Waals surface area contributed by atoms with Crippen LogP contribution in [0.1, 0.15) is 24.5 Å². The number of ether oxygens (including phenoxy) is 1. The van der Waals surface area contributed by atoms with E-state index < -0.39 is 23.4 Å². The predicted molar refractivity (Wildman–Crippen MR) is 63.3 cm³/mol. The number of rotatable bonds is 5. The van der Waals surface area contributed by atoms with Crippen LogP contribution in [-0.4, -0.2) is 11.8 Å². The number of halogens is 5. The van der Waals surface area contributed by atoms with Crippen molar-refractivity contribution in [3.05, 3.63) is 47.0 Å². The molecule has 0 amide bonds. The zero-order chi connectivity index (χ0) is 15.0. The van der Waals surface area contributed by atoms with Gasteiger partial charge in [0.15, 0.2) is 0 Å². The second-order valence-corrected chi connectivity index (χ2v) is 4.60. The van der Waals surface area contributed by atoms with Crippen LogP contribution in [0.15, 0.2) is 35.9 Å². The number of hydrogen-bond donors (Lipinski definition) is 0. The molecular formula is C14H13F5O. The smallest absolute Gasteiger partial charge is 0.375 e. The third-order valence-electron chi connectivity index (χ3n) is 3.16. The summed E-state index contributed by atoms with van der Waals surface area (Å²) in [6, 6.07) is 6.88. The van der Waals surface area contributed by atoms with Gasteiger partial charge in [0.05, 0.1) is 0 Å². The number of alkyl halides is 4. The third kappa shape index (κ3) is 2.17. The van der Waals surface area contributed by atoms with Crippen molar-refractivity contribution in [3.63, 3.8) is 0 Å². The Balaban J connectivity index is 2.13. The highest BCUT2D eigenvalue weighted by Crippen LogP contribution is 2.56. The maximum Gasteiger partial charge on any atom is 0.375 e. The maximum atomic E-state index is 13.0. The van der Waals surface area contributed by atoms with E-state index in [1.165, 1.54) is 0 Å². The molecule has 0 spiro atoms. The van der Waals surface area contributed by atoms with E-state index in [4.69, 9.17) is 0 Å². The Hall–Kier alpha value is -1.59. The Morgan fingerprint density at radius 2 is 1.60 bits per heavy atom. The van der Waals surface area contributed by atoms with E-state index in [-0.39, 0.29) is 6.61 Å². The molecule has 0 N–H and O–H groups in total. The molecule has 0 bridgehead atoms. The van der Waals surface area contributed by atoms with Crippen LogP contribution >= 0.6 is 0 Å². The first kappa shape index (κ1) is 14.8. The molecule has 20 heavy (non-hydrogen) atoms. The molecule has 1 aliphatic rings. The van der Waals surface area contributed by atoms with Gasteiger partial charge in [-0.1, -0.05) is 37.6 Å². The van der Waals surface area contributed by atoms with Crippen LogP contribution in [0, 0.1) is 0 Å². The first-order chi connectivity index (χ1) is 9.32. The first-order valence-corrected chi connectivity index (χ1v) is 6.18. The Kier molecular flexibility index (Phi) is 3.75. The fourth-order valence-corrected chi connectivity index (χ4v) is 2.01. The average Bonchev–Trinajstić information content (AvgIpc) is 2.40. The van der Waals surface area contributed by atoms with Gasteiger partial charge in [-0.05, 0) is 17.5 Å². The summed E-state index contributed by atoms with van der Waals surface area (Å²) in [5, 5.41) is 0. The van der Waals surface area contributed by atoms with Crippen LogP contribution in [0.4, 0.5) is 22.0 Å². The van der Waals surface area contributed by atoms with Gasteiger partial charge >= 0.3 is 11.8 Å². The molecule has 1 aromatic rings. The predicted octanol–water partition coefficient (Wildman–Crippen LogP) is 4.62. The lowest BCUT2D eigenvalue weighted by molar-refractivity contribution is -0.233. The molecule has 1 aliphatic carbocycles. The van der Waals surface area contributed by atoms with Crippen LogP contribution < -0.4 is 0 Å². The van der Waals surface area contributed by atoms with Crippen LogP contribution in [0.3, 0.4) is 0 Å². The summed E-state index contributed by atoms with van der Waals surface area (Å²) in [7, 11) is 0. The molecule has 0 unspecified atom stereocenters. The van der Waals surface area contributed by atoms with Crippen molar-refractivity contribution in [3.8, 4) is 0 Å². The van der Waals surface area contributed by atoms with Gasteiger partial charge in [-0.2, -0.15) is 17.6 Å². The fourth-order valence-electron chi connectivity index (χ4n) is 2.01. The van der Waals surface area contributed by atoms with Crippen molar-refractivity contribution in [1.29, 1.82) is 0 Å². The van der Waals surface area contributed by atoms with Crippen molar-refractivity contribution < 1.29 is 26.7 Å². The number of benzene rings is 1. The molecular weight excluding hydrogens is 279 g/mol. The molecule has 1 nitrogen and oxygen atoms in total. The maximum absolute atomic E-state index is 13.0. The van der Waals surface area contributed by atoms with Crippen molar-refractivity contribution in [2.45, 2.75) is 38.2 Å². The summed E-state index contributed by atoms with van der Waals surface area (Å²) in [5.74, 6) is -13.1. The first-order valence-electron chi connectivity index (χ1n) is 6.18. The minimum absolute atomic E-state index is 0.357. The second-order valence-electron chi connectivity index (χ2n) is 4.60. The highest BCUT2D eigenvalue weighted by molar-refractivity contribution is 5.36. The van der Waals surface area contributed by atoms with Crippen LogP contribution in [0.2, 0.25) is 0 Å². The molecule has 1 aromatic carbocycles. The largest absolute Gasteiger partial charge is 0.484 e. The third-order valence-corrected chi connectivity index (χ3v) is 3.16. The highest BCUT2D eigenvalue weighted by atomic mass is 19.3. The van der Waals surface area contributed by atoms with Gasteiger partial charge in [-0.25, -0.2) is 4.39 Å². The lowest BCUT2D eigenvalue weighted by atomic mass is 9.95. The normalized spacial score (nSPS) is 19.7. The lowest BCUT2D eigenvalue weighted by Gasteiger charge is -2.35. The quantitative estimate of drug-likeness (QED) is 0.719. The van der Waals surface area contributed by atoms with Gasteiger partial charge in [0, 0.05) is 0 Å². The molecule has 0 heterocycles. The lowest BCUT2D eigenvalue weighted by Crippen LogP contribution is -2.53. The van der Waals surface area contributed by atoms with Crippen LogP contribution in [0.25, 0.3) is 0 Å².